The number of hydrogen-bond donors (Lipinski definition) is 1. The standard InChI is InChI=1S/C26H29F5N6O4S/c1-41-20-13-22(36(16-20)17-32)26(40)37(19-6-8-21(9-7-19)42(27,28,29,30)31)24(18-5-4-10-33-14-18)25(39)34-15-23(38)35-11-2-3-12-35/h4-10,14,20,22,24H,2-3,11-13,15-16H2,1H3,(H,34,39)/t20-,22-,24?/m1/s1. The van der Waals surface area contributed by atoms with Crippen LogP contribution < -0.4 is 10.2 Å². The summed E-state index contributed by atoms with van der Waals surface area (Å²) in [4.78, 5) is 45.7. The molecule has 0 radical (unpaired) electrons. The van der Waals surface area contributed by atoms with E-state index < -0.39 is 51.7 Å². The molecule has 0 aliphatic carbocycles. The molecule has 2 aromatic rings. The van der Waals surface area contributed by atoms with Gasteiger partial charge < -0.3 is 15.0 Å². The Morgan fingerprint density at radius 2 is 1.81 bits per heavy atom. The third-order valence-electron chi connectivity index (χ3n) is 7.19. The number of hydrogen-bond acceptors (Lipinski definition) is 7. The number of pyridine rings is 1. The van der Waals surface area contributed by atoms with Crippen molar-refractivity contribution >= 4 is 33.6 Å². The molecular weight excluding hydrogens is 587 g/mol. The molecule has 3 heterocycles. The quantitative estimate of drug-likeness (QED) is 0.333. The summed E-state index contributed by atoms with van der Waals surface area (Å²) in [5, 5.41) is 12.2. The lowest BCUT2D eigenvalue weighted by Gasteiger charge is -2.41. The number of nitriles is 1. The van der Waals surface area contributed by atoms with E-state index in [1.165, 1.54) is 31.6 Å². The maximum absolute atomic E-state index is 14.1. The van der Waals surface area contributed by atoms with Crippen LogP contribution in [0.5, 0.6) is 0 Å². The van der Waals surface area contributed by atoms with Crippen molar-refractivity contribution in [3.8, 4) is 6.19 Å². The van der Waals surface area contributed by atoms with Crippen molar-refractivity contribution < 1.29 is 38.5 Å². The Hall–Kier alpha value is -3.97. The molecule has 1 aromatic heterocycles. The minimum absolute atomic E-state index is 0.0117. The predicted molar refractivity (Wildman–Crippen MR) is 143 cm³/mol. The van der Waals surface area contributed by atoms with Crippen LogP contribution in [0.1, 0.15) is 30.9 Å². The number of carbonyl (C=O) groups excluding carboxylic acids is 3. The largest absolute Gasteiger partial charge is 0.379 e. The van der Waals surface area contributed by atoms with E-state index in [4.69, 9.17) is 4.74 Å². The molecule has 0 saturated carbocycles. The summed E-state index contributed by atoms with van der Waals surface area (Å²) in [6.07, 6.45) is 5.63. The van der Waals surface area contributed by atoms with Gasteiger partial charge in [-0.05, 0) is 43.2 Å². The highest BCUT2D eigenvalue weighted by Crippen LogP contribution is 3.02. The number of carbonyl (C=O) groups is 3. The molecule has 2 aliphatic heterocycles. The Labute approximate surface area is 238 Å². The van der Waals surface area contributed by atoms with Crippen molar-refractivity contribution in [2.75, 3.05) is 38.2 Å². The van der Waals surface area contributed by atoms with Crippen LogP contribution in [0, 0.1) is 11.5 Å². The van der Waals surface area contributed by atoms with Gasteiger partial charge in [0, 0.05) is 50.3 Å². The van der Waals surface area contributed by atoms with Gasteiger partial charge in [0.2, 0.25) is 11.8 Å². The summed E-state index contributed by atoms with van der Waals surface area (Å²) in [7, 11) is -8.67. The molecule has 2 fully saturated rings. The van der Waals surface area contributed by atoms with E-state index in [9.17, 15) is 39.1 Å². The molecule has 16 heteroatoms. The number of likely N-dealkylation sites (tertiary alicyclic amines) is 2. The van der Waals surface area contributed by atoms with Crippen LogP contribution in [0.4, 0.5) is 25.1 Å². The molecule has 2 saturated heterocycles. The van der Waals surface area contributed by atoms with Crippen molar-refractivity contribution in [1.29, 1.82) is 5.26 Å². The van der Waals surface area contributed by atoms with Crippen molar-refractivity contribution in [1.82, 2.24) is 20.1 Å². The van der Waals surface area contributed by atoms with Gasteiger partial charge in [-0.15, -0.1) is 0 Å². The molecule has 3 atom stereocenters. The minimum Gasteiger partial charge on any atom is -0.379 e. The van der Waals surface area contributed by atoms with Gasteiger partial charge in [-0.3, -0.25) is 29.2 Å². The summed E-state index contributed by atoms with van der Waals surface area (Å²) in [5.41, 5.74) is -0.196. The topological polar surface area (TPSA) is 119 Å². The molecule has 0 bridgehead atoms. The summed E-state index contributed by atoms with van der Waals surface area (Å²) in [6.45, 7) is 0.668. The van der Waals surface area contributed by atoms with Gasteiger partial charge in [0.15, 0.2) is 6.19 Å². The number of methoxy groups -OCH3 is 1. The van der Waals surface area contributed by atoms with Gasteiger partial charge in [0.05, 0.1) is 19.2 Å². The number of nitrogens with one attached hydrogen (secondary N) is 1. The lowest BCUT2D eigenvalue weighted by atomic mass is 10.0. The first-order valence-corrected chi connectivity index (χ1v) is 14.9. The Morgan fingerprint density at radius 1 is 1.14 bits per heavy atom. The Bertz CT molecular complexity index is 1370. The highest BCUT2D eigenvalue weighted by Gasteiger charge is 2.65. The smallest absolute Gasteiger partial charge is 0.310 e. The van der Waals surface area contributed by atoms with Crippen molar-refractivity contribution in [3.05, 3.63) is 54.4 Å². The molecule has 0 spiro atoms. The molecule has 4 rings (SSSR count). The first-order valence-electron chi connectivity index (χ1n) is 12.9. The molecule has 1 N–H and O–H groups in total. The van der Waals surface area contributed by atoms with Gasteiger partial charge in [0.25, 0.3) is 5.91 Å². The number of anilines is 1. The molecule has 3 amide bonds. The van der Waals surface area contributed by atoms with E-state index in [1.807, 2.05) is 6.19 Å². The Balaban J connectivity index is 1.77. The second-order valence-electron chi connectivity index (χ2n) is 10.0. The fraction of sp³-hybridized carbons (Fsp3) is 0.423. The van der Waals surface area contributed by atoms with Gasteiger partial charge in [-0.2, -0.15) is 5.26 Å². The van der Waals surface area contributed by atoms with Crippen LogP contribution in [0.25, 0.3) is 0 Å². The summed E-state index contributed by atoms with van der Waals surface area (Å²) >= 11 is 0. The van der Waals surface area contributed by atoms with E-state index in [0.717, 1.165) is 22.6 Å². The van der Waals surface area contributed by atoms with Gasteiger partial charge >= 0.3 is 10.2 Å². The molecular formula is C26H29F5N6O4S. The number of ether oxygens (including phenoxy) is 1. The average molecular weight is 617 g/mol. The van der Waals surface area contributed by atoms with E-state index in [0.29, 0.717) is 25.2 Å². The highest BCUT2D eigenvalue weighted by molar-refractivity contribution is 8.45. The lowest BCUT2D eigenvalue weighted by molar-refractivity contribution is -0.133. The van der Waals surface area contributed by atoms with Gasteiger partial charge in [0.1, 0.15) is 17.0 Å². The second-order valence-corrected chi connectivity index (χ2v) is 12.4. The van der Waals surface area contributed by atoms with Gasteiger partial charge in [-0.25, -0.2) is 0 Å². The monoisotopic (exact) mass is 616 g/mol. The first-order chi connectivity index (χ1) is 19.6. The molecule has 228 valence electrons. The Morgan fingerprint density at radius 3 is 2.36 bits per heavy atom. The number of nitrogens with zero attached hydrogens (tertiary/aromatic N) is 5. The van der Waals surface area contributed by atoms with Crippen LogP contribution in [-0.2, 0) is 19.1 Å². The summed E-state index contributed by atoms with van der Waals surface area (Å²) in [5.74, 6) is -2.10. The molecule has 42 heavy (non-hydrogen) atoms. The summed E-state index contributed by atoms with van der Waals surface area (Å²) < 4.78 is 72.7. The van der Waals surface area contributed by atoms with Gasteiger partial charge in [-0.1, -0.05) is 25.5 Å². The van der Waals surface area contributed by atoms with E-state index in [-0.39, 0.29) is 42.3 Å². The molecule has 10 nitrogen and oxygen atoms in total. The number of aromatic nitrogens is 1. The maximum Gasteiger partial charge on any atom is 0.310 e. The normalized spacial score (nSPS) is 21.2. The lowest BCUT2D eigenvalue weighted by Crippen LogP contribution is -2.51. The van der Waals surface area contributed by atoms with Crippen LogP contribution in [0.2, 0.25) is 0 Å². The number of rotatable bonds is 9. The number of benzene rings is 1. The predicted octanol–water partition coefficient (Wildman–Crippen LogP) is 4.12. The number of halogens is 5. The second kappa shape index (κ2) is 11.0. The van der Waals surface area contributed by atoms with E-state index in [1.54, 1.807) is 4.90 Å². The van der Waals surface area contributed by atoms with Crippen molar-refractivity contribution in [2.24, 2.45) is 0 Å². The fourth-order valence-electron chi connectivity index (χ4n) is 5.03. The van der Waals surface area contributed by atoms with Crippen LogP contribution in [-0.4, -0.2) is 77.9 Å². The zero-order valence-electron chi connectivity index (χ0n) is 22.5. The third-order valence-corrected chi connectivity index (χ3v) is 8.35. The Kier molecular flexibility index (Phi) is 8.13. The van der Waals surface area contributed by atoms with Crippen molar-refractivity contribution in [3.63, 3.8) is 0 Å². The van der Waals surface area contributed by atoms with E-state index >= 15 is 0 Å². The van der Waals surface area contributed by atoms with Crippen LogP contribution in [0.15, 0.2) is 53.7 Å². The molecule has 1 unspecified atom stereocenters. The van der Waals surface area contributed by atoms with Crippen LogP contribution in [0.3, 0.4) is 0 Å². The zero-order chi connectivity index (χ0) is 30.8. The first kappa shape index (κ1) is 31.0. The third kappa shape index (κ3) is 6.90. The minimum atomic E-state index is -10.1. The molecule has 2 aliphatic rings. The average Bonchev–Trinajstić information content (AvgIpc) is 3.64. The zero-order valence-corrected chi connectivity index (χ0v) is 23.3. The van der Waals surface area contributed by atoms with Crippen molar-refractivity contribution in [2.45, 2.75) is 42.3 Å². The van der Waals surface area contributed by atoms with E-state index in [2.05, 4.69) is 10.3 Å². The summed E-state index contributed by atoms with van der Waals surface area (Å²) in [6, 6.07) is 1.73. The molecule has 1 aromatic carbocycles. The number of amides is 3. The maximum atomic E-state index is 14.1. The highest BCUT2D eigenvalue weighted by atomic mass is 32.5. The fourth-order valence-corrected chi connectivity index (χ4v) is 5.68. The van der Waals surface area contributed by atoms with Crippen LogP contribution >= 0.6 is 10.2 Å². The SMILES string of the molecule is CO[C@@H]1C[C@H](C(=O)N(c2ccc(S(F)(F)(F)(F)F)cc2)C(C(=O)NCC(=O)N2CCCC2)c2cccnc2)N(C#N)C1.